The summed E-state index contributed by atoms with van der Waals surface area (Å²) in [5, 5.41) is 5.51. The fourth-order valence-electron chi connectivity index (χ4n) is 4.43. The van der Waals surface area contributed by atoms with Crippen LogP contribution in [-0.2, 0) is 20.9 Å². The van der Waals surface area contributed by atoms with Gasteiger partial charge >= 0.3 is 5.97 Å². The number of carbonyl (C=O) groups excluding carboxylic acids is 2. The van der Waals surface area contributed by atoms with E-state index in [1.165, 1.54) is 18.9 Å². The molecule has 3 heterocycles. The van der Waals surface area contributed by atoms with Gasteiger partial charge in [-0.1, -0.05) is 49.0 Å². The van der Waals surface area contributed by atoms with Crippen LogP contribution < -0.4 is 10.1 Å². The highest BCUT2D eigenvalue weighted by atomic mass is 32.2. The molecule has 1 N–H and O–H groups in total. The molecule has 1 atom stereocenters. The van der Waals surface area contributed by atoms with Crippen LogP contribution in [0.5, 0.6) is 11.5 Å². The van der Waals surface area contributed by atoms with E-state index >= 15 is 0 Å². The lowest BCUT2D eigenvalue weighted by Gasteiger charge is -2.36. The van der Waals surface area contributed by atoms with Gasteiger partial charge in [0, 0.05) is 5.70 Å². The van der Waals surface area contributed by atoms with E-state index in [9.17, 15) is 9.59 Å². The monoisotopic (exact) mass is 529 g/mol. The number of amides is 1. The highest BCUT2D eigenvalue weighted by Gasteiger charge is 2.41. The van der Waals surface area contributed by atoms with Crippen molar-refractivity contribution in [2.75, 3.05) is 7.11 Å². The second-order valence-electron chi connectivity index (χ2n) is 8.62. The first-order valence-electron chi connectivity index (χ1n) is 12.2. The summed E-state index contributed by atoms with van der Waals surface area (Å²) in [7, 11) is 1.37. The zero-order valence-corrected chi connectivity index (χ0v) is 21.9. The van der Waals surface area contributed by atoms with Gasteiger partial charge in [0.05, 0.1) is 43.7 Å². The van der Waals surface area contributed by atoms with E-state index in [1.807, 2.05) is 71.8 Å². The Labute approximate surface area is 225 Å². The van der Waals surface area contributed by atoms with Crippen molar-refractivity contribution in [3.8, 4) is 11.5 Å². The maximum atomic E-state index is 13.1. The summed E-state index contributed by atoms with van der Waals surface area (Å²) >= 11 is 1.44. The number of amidine groups is 1. The molecular formula is C29H27N3O5S. The molecule has 2 aliphatic heterocycles. The smallest absolute Gasteiger partial charge is 0.338 e. The van der Waals surface area contributed by atoms with Crippen molar-refractivity contribution < 1.29 is 23.5 Å². The maximum Gasteiger partial charge on any atom is 0.338 e. The lowest BCUT2D eigenvalue weighted by atomic mass is 9.92. The number of carbonyl (C=O) groups is 2. The fraction of sp³-hybridized carbons (Fsp3) is 0.207. The van der Waals surface area contributed by atoms with E-state index in [1.54, 1.807) is 18.4 Å². The predicted molar refractivity (Wildman–Crippen MR) is 145 cm³/mol. The van der Waals surface area contributed by atoms with Crippen LogP contribution in [0.3, 0.4) is 0 Å². The molecule has 8 nitrogen and oxygen atoms in total. The molecule has 0 spiro atoms. The van der Waals surface area contributed by atoms with Crippen LogP contribution in [0.15, 0.2) is 105 Å². The Morgan fingerprint density at radius 1 is 1.08 bits per heavy atom. The number of esters is 1. The number of aliphatic imine (C=N–C) groups is 1. The van der Waals surface area contributed by atoms with Crippen LogP contribution in [0.4, 0.5) is 0 Å². The van der Waals surface area contributed by atoms with E-state index in [-0.39, 0.29) is 12.3 Å². The number of ether oxygens (including phenoxy) is 2. The number of nitrogens with one attached hydrogen (secondary N) is 1. The highest BCUT2D eigenvalue weighted by molar-refractivity contribution is 8.16. The molecule has 0 fully saturated rings. The van der Waals surface area contributed by atoms with Gasteiger partial charge in [0.25, 0.3) is 0 Å². The Morgan fingerprint density at radius 3 is 2.63 bits per heavy atom. The minimum absolute atomic E-state index is 0.110. The summed E-state index contributed by atoms with van der Waals surface area (Å²) in [5.74, 6) is 1.39. The Bertz CT molecular complexity index is 1410. The number of methoxy groups -OCH3 is 1. The topological polar surface area (TPSA) is 93.4 Å². The number of para-hydroxylation sites is 1. The number of furan rings is 1. The lowest BCUT2D eigenvalue weighted by Crippen LogP contribution is -2.38. The molecule has 5 rings (SSSR count). The first-order valence-corrected chi connectivity index (χ1v) is 13.1. The Balaban J connectivity index is 1.47. The number of nitrogens with zero attached hydrogens (tertiary/aromatic N) is 2. The zero-order valence-electron chi connectivity index (χ0n) is 21.0. The molecule has 1 unspecified atom stereocenters. The average molecular weight is 530 g/mol. The second-order valence-corrected chi connectivity index (χ2v) is 9.46. The Hall–Kier alpha value is -4.24. The van der Waals surface area contributed by atoms with Crippen LogP contribution in [0.2, 0.25) is 0 Å². The summed E-state index contributed by atoms with van der Waals surface area (Å²) < 4.78 is 16.6. The molecule has 9 heteroatoms. The third kappa shape index (κ3) is 5.38. The summed E-state index contributed by atoms with van der Waals surface area (Å²) in [4.78, 5) is 32.7. The molecule has 194 valence electrons. The van der Waals surface area contributed by atoms with Gasteiger partial charge < -0.3 is 24.1 Å². The number of benzene rings is 2. The molecule has 0 saturated heterocycles. The predicted octanol–water partition coefficient (Wildman–Crippen LogP) is 5.92. The summed E-state index contributed by atoms with van der Waals surface area (Å²) in [6.07, 6.45) is 2.23. The van der Waals surface area contributed by atoms with Crippen molar-refractivity contribution in [2.45, 2.75) is 32.4 Å². The standard InChI is InChI=1S/C29H27N3O5S/c1-3-24-26(28(34)35-2)27(19-9-7-12-22(15-19)37-21-10-5-4-6-11-21)32-20(18-38-29(32)31-24)16-25(33)30-17-23-13-8-14-36-23/h4-15,18,27H,3,16-17H2,1-2H3,(H,30,33). The molecule has 1 aromatic heterocycles. The van der Waals surface area contributed by atoms with Gasteiger partial charge in [-0.2, -0.15) is 0 Å². The van der Waals surface area contributed by atoms with Crippen molar-refractivity contribution >= 4 is 28.8 Å². The van der Waals surface area contributed by atoms with Gasteiger partial charge in [0.2, 0.25) is 5.91 Å². The number of allylic oxidation sites excluding steroid dienone is 1. The van der Waals surface area contributed by atoms with Gasteiger partial charge in [0.15, 0.2) is 5.17 Å². The average Bonchev–Trinajstić information content (AvgIpc) is 3.61. The van der Waals surface area contributed by atoms with Crippen LogP contribution in [0, 0.1) is 0 Å². The molecule has 2 aromatic carbocycles. The molecule has 0 bridgehead atoms. The van der Waals surface area contributed by atoms with Gasteiger partial charge in [-0.25, -0.2) is 9.79 Å². The SMILES string of the molecule is CCC1=C(C(=O)OC)C(c2cccc(Oc3ccccc3)c2)N2C(CC(=O)NCc3ccco3)=CSC2=N1. The normalized spacial score (nSPS) is 16.5. The van der Waals surface area contributed by atoms with E-state index in [0.29, 0.717) is 46.7 Å². The quantitative estimate of drug-likeness (QED) is 0.344. The minimum atomic E-state index is -0.539. The summed E-state index contributed by atoms with van der Waals surface area (Å²) in [6, 6.07) is 20.2. The number of hydrogen-bond donors (Lipinski definition) is 1. The van der Waals surface area contributed by atoms with Crippen molar-refractivity contribution in [1.82, 2.24) is 10.2 Å². The van der Waals surface area contributed by atoms with Crippen LogP contribution in [-0.4, -0.2) is 29.1 Å². The van der Waals surface area contributed by atoms with E-state index in [4.69, 9.17) is 18.9 Å². The maximum absolute atomic E-state index is 13.1. The molecular weight excluding hydrogens is 502 g/mol. The third-order valence-electron chi connectivity index (χ3n) is 6.16. The summed E-state index contributed by atoms with van der Waals surface area (Å²) in [6.45, 7) is 2.25. The largest absolute Gasteiger partial charge is 0.467 e. The fourth-order valence-corrected chi connectivity index (χ4v) is 5.36. The minimum Gasteiger partial charge on any atom is -0.467 e. The van der Waals surface area contributed by atoms with Crippen LogP contribution in [0.25, 0.3) is 0 Å². The van der Waals surface area contributed by atoms with Gasteiger partial charge in [0.1, 0.15) is 17.3 Å². The van der Waals surface area contributed by atoms with E-state index < -0.39 is 12.0 Å². The van der Waals surface area contributed by atoms with Gasteiger partial charge in [-0.15, -0.1) is 0 Å². The third-order valence-corrected chi connectivity index (χ3v) is 7.05. The number of hydrogen-bond acceptors (Lipinski definition) is 8. The Kier molecular flexibility index (Phi) is 7.65. The first-order chi connectivity index (χ1) is 18.6. The molecule has 38 heavy (non-hydrogen) atoms. The van der Waals surface area contributed by atoms with Gasteiger partial charge in [-0.3, -0.25) is 4.79 Å². The lowest BCUT2D eigenvalue weighted by molar-refractivity contribution is -0.136. The molecule has 0 radical (unpaired) electrons. The van der Waals surface area contributed by atoms with Crippen LogP contribution >= 0.6 is 11.8 Å². The molecule has 2 aliphatic rings. The molecule has 0 saturated carbocycles. The first kappa shape index (κ1) is 25.4. The number of fused-ring (bicyclic) bond motifs is 1. The summed E-state index contributed by atoms with van der Waals surface area (Å²) in [5.41, 5.74) is 2.66. The van der Waals surface area contributed by atoms with Crippen molar-refractivity contribution in [3.63, 3.8) is 0 Å². The number of rotatable bonds is 9. The molecule has 3 aromatic rings. The van der Waals surface area contributed by atoms with Gasteiger partial charge in [-0.05, 0) is 53.8 Å². The van der Waals surface area contributed by atoms with Crippen molar-refractivity contribution in [2.24, 2.45) is 4.99 Å². The Morgan fingerprint density at radius 2 is 1.89 bits per heavy atom. The number of thioether (sulfide) groups is 1. The van der Waals surface area contributed by atoms with E-state index in [0.717, 1.165) is 11.3 Å². The molecule has 0 aliphatic carbocycles. The molecule has 1 amide bonds. The van der Waals surface area contributed by atoms with Crippen molar-refractivity contribution in [3.05, 3.63) is 107 Å². The van der Waals surface area contributed by atoms with Crippen LogP contribution in [0.1, 0.15) is 37.1 Å². The van der Waals surface area contributed by atoms with E-state index in [2.05, 4.69) is 5.32 Å². The highest BCUT2D eigenvalue weighted by Crippen LogP contribution is 2.46. The zero-order chi connectivity index (χ0) is 26.5. The second kappa shape index (κ2) is 11.4. The van der Waals surface area contributed by atoms with Crippen molar-refractivity contribution in [1.29, 1.82) is 0 Å².